The lowest BCUT2D eigenvalue weighted by Gasteiger charge is -2.36. The maximum absolute atomic E-state index is 12.7. The number of anilines is 1. The molecular formula is C21H22N2O4. The maximum atomic E-state index is 12.7. The minimum absolute atomic E-state index is 0.0262. The number of carbonyl (C=O) groups is 2. The van der Waals surface area contributed by atoms with E-state index >= 15 is 0 Å². The summed E-state index contributed by atoms with van der Waals surface area (Å²) in [5, 5.41) is 12.2. The van der Waals surface area contributed by atoms with Crippen LogP contribution in [0.15, 0.2) is 30.3 Å². The van der Waals surface area contributed by atoms with Gasteiger partial charge in [0.25, 0.3) is 0 Å². The molecule has 1 aliphatic heterocycles. The number of fused-ring (bicyclic) bond motifs is 2. The molecule has 0 radical (unpaired) electrons. The predicted molar refractivity (Wildman–Crippen MR) is 100 cm³/mol. The minimum atomic E-state index is -0.980. The second kappa shape index (κ2) is 6.37. The first kappa shape index (κ1) is 17.5. The highest BCUT2D eigenvalue weighted by atomic mass is 16.5. The van der Waals surface area contributed by atoms with Crippen molar-refractivity contribution in [2.45, 2.75) is 51.0 Å². The van der Waals surface area contributed by atoms with Gasteiger partial charge in [0.15, 0.2) is 0 Å². The van der Waals surface area contributed by atoms with E-state index in [0.29, 0.717) is 12.8 Å². The molecule has 1 saturated carbocycles. The average Bonchev–Trinajstić information content (AvgIpc) is 2.90. The van der Waals surface area contributed by atoms with Gasteiger partial charge in [-0.2, -0.15) is 0 Å². The number of carboxylic acids is 1. The molecule has 1 spiro atoms. The molecule has 140 valence electrons. The van der Waals surface area contributed by atoms with Gasteiger partial charge in [-0.3, -0.25) is 9.78 Å². The van der Waals surface area contributed by atoms with Crippen molar-refractivity contribution < 1.29 is 19.4 Å². The molecule has 2 heterocycles. The number of rotatable bonds is 3. The van der Waals surface area contributed by atoms with Gasteiger partial charge in [0.05, 0.1) is 22.8 Å². The first-order valence-electron chi connectivity index (χ1n) is 9.19. The second-order valence-corrected chi connectivity index (χ2v) is 7.46. The van der Waals surface area contributed by atoms with Crippen LogP contribution in [0.25, 0.3) is 0 Å². The van der Waals surface area contributed by atoms with Crippen molar-refractivity contribution in [1.29, 1.82) is 0 Å². The maximum Gasteiger partial charge on any atom is 0.335 e. The van der Waals surface area contributed by atoms with E-state index in [2.05, 4.69) is 10.3 Å². The van der Waals surface area contributed by atoms with Crippen molar-refractivity contribution in [1.82, 2.24) is 4.98 Å². The third kappa shape index (κ3) is 2.95. The Balaban J connectivity index is 1.54. The molecule has 2 aliphatic rings. The topological polar surface area (TPSA) is 88.5 Å². The van der Waals surface area contributed by atoms with Crippen molar-refractivity contribution >= 4 is 17.6 Å². The van der Waals surface area contributed by atoms with E-state index in [9.17, 15) is 14.7 Å². The van der Waals surface area contributed by atoms with Crippen molar-refractivity contribution in [3.8, 4) is 5.75 Å². The Hall–Kier alpha value is -2.89. The number of aryl methyl sites for hydroxylation is 2. The van der Waals surface area contributed by atoms with Crippen molar-refractivity contribution in [3.05, 3.63) is 52.8 Å². The predicted octanol–water partition coefficient (Wildman–Crippen LogP) is 3.61. The zero-order chi connectivity index (χ0) is 19.2. The first-order valence-corrected chi connectivity index (χ1v) is 9.19. The number of hydrogen-bond donors (Lipinski definition) is 2. The van der Waals surface area contributed by atoms with E-state index in [1.807, 2.05) is 26.0 Å². The summed E-state index contributed by atoms with van der Waals surface area (Å²) in [4.78, 5) is 28.5. The lowest BCUT2D eigenvalue weighted by molar-refractivity contribution is -0.122. The van der Waals surface area contributed by atoms with Gasteiger partial charge in [0, 0.05) is 11.4 Å². The van der Waals surface area contributed by atoms with E-state index in [1.54, 1.807) is 12.1 Å². The van der Waals surface area contributed by atoms with Crippen molar-refractivity contribution in [3.63, 3.8) is 0 Å². The summed E-state index contributed by atoms with van der Waals surface area (Å²) in [6.45, 7) is 3.88. The highest BCUT2D eigenvalue weighted by Gasteiger charge is 2.49. The quantitative estimate of drug-likeness (QED) is 0.866. The van der Waals surface area contributed by atoms with Crippen LogP contribution in [0.4, 0.5) is 5.69 Å². The Labute approximate surface area is 157 Å². The molecule has 0 bridgehead atoms. The molecule has 0 atom stereocenters. The fourth-order valence-electron chi connectivity index (χ4n) is 4.22. The fraction of sp³-hybridized carbons (Fsp3) is 0.381. The van der Waals surface area contributed by atoms with Crippen LogP contribution in [0.2, 0.25) is 0 Å². The monoisotopic (exact) mass is 366 g/mol. The summed E-state index contributed by atoms with van der Waals surface area (Å²) in [5.41, 5.74) is 2.91. The lowest BCUT2D eigenvalue weighted by Crippen LogP contribution is -2.41. The standard InChI is InChI=1S/C21H22N2O4/c1-12-3-6-18(13(2)22-12)27-15-7-9-21(10-8-15)16-11-14(19(24)25)4-5-17(16)23-20(21)26/h3-6,11,15H,7-10H2,1-2H3,(H,23,26)(H,24,25)/t15-,21-. The van der Waals surface area contributed by atoms with E-state index in [0.717, 1.165) is 41.2 Å². The Bertz CT molecular complexity index is 930. The molecule has 0 unspecified atom stereocenters. The van der Waals surface area contributed by atoms with Gasteiger partial charge in [0.2, 0.25) is 5.91 Å². The Kier molecular flexibility index (Phi) is 4.13. The minimum Gasteiger partial charge on any atom is -0.489 e. The van der Waals surface area contributed by atoms with Gasteiger partial charge in [-0.1, -0.05) is 0 Å². The Morgan fingerprint density at radius 1 is 1.22 bits per heavy atom. The molecule has 1 aromatic heterocycles. The van der Waals surface area contributed by atoms with Gasteiger partial charge in [-0.15, -0.1) is 0 Å². The summed E-state index contributed by atoms with van der Waals surface area (Å²) in [6.07, 6.45) is 2.77. The normalized spacial score (nSPS) is 23.8. The summed E-state index contributed by atoms with van der Waals surface area (Å²) in [5.74, 6) is -0.232. The third-order valence-electron chi connectivity index (χ3n) is 5.72. The number of nitrogens with one attached hydrogen (secondary N) is 1. The lowest BCUT2D eigenvalue weighted by atomic mass is 9.69. The van der Waals surface area contributed by atoms with Gasteiger partial charge in [-0.25, -0.2) is 4.79 Å². The van der Waals surface area contributed by atoms with Gasteiger partial charge >= 0.3 is 5.97 Å². The number of nitrogens with zero attached hydrogens (tertiary/aromatic N) is 1. The highest BCUT2D eigenvalue weighted by molar-refractivity contribution is 6.07. The van der Waals surface area contributed by atoms with Crippen molar-refractivity contribution in [2.75, 3.05) is 5.32 Å². The molecule has 1 fully saturated rings. The average molecular weight is 366 g/mol. The zero-order valence-corrected chi connectivity index (χ0v) is 15.4. The number of aromatic nitrogens is 1. The van der Waals surface area contributed by atoms with Crippen LogP contribution in [-0.2, 0) is 10.2 Å². The van der Waals surface area contributed by atoms with E-state index < -0.39 is 11.4 Å². The largest absolute Gasteiger partial charge is 0.489 e. The molecule has 1 aliphatic carbocycles. The molecule has 1 amide bonds. The van der Waals surface area contributed by atoms with Crippen LogP contribution in [0, 0.1) is 13.8 Å². The van der Waals surface area contributed by atoms with Crippen LogP contribution in [0.5, 0.6) is 5.75 Å². The van der Waals surface area contributed by atoms with E-state index in [4.69, 9.17) is 4.74 Å². The Morgan fingerprint density at radius 3 is 2.63 bits per heavy atom. The third-order valence-corrected chi connectivity index (χ3v) is 5.72. The summed E-state index contributed by atoms with van der Waals surface area (Å²) >= 11 is 0. The van der Waals surface area contributed by atoms with Crippen LogP contribution in [-0.4, -0.2) is 28.1 Å². The summed E-state index contributed by atoms with van der Waals surface area (Å²) in [7, 11) is 0. The second-order valence-electron chi connectivity index (χ2n) is 7.46. The fourth-order valence-corrected chi connectivity index (χ4v) is 4.22. The van der Waals surface area contributed by atoms with Crippen LogP contribution in [0.1, 0.15) is 53.0 Å². The summed E-state index contributed by atoms with van der Waals surface area (Å²) in [6, 6.07) is 8.74. The molecule has 4 rings (SSSR count). The number of carboxylic acid groups (broad SMARTS) is 1. The number of ether oxygens (including phenoxy) is 1. The van der Waals surface area contributed by atoms with Gasteiger partial charge in [0.1, 0.15) is 5.75 Å². The van der Waals surface area contributed by atoms with E-state index in [-0.39, 0.29) is 17.6 Å². The molecular weight excluding hydrogens is 344 g/mol. The number of aromatic carboxylic acids is 1. The molecule has 0 saturated heterocycles. The molecule has 1 aromatic carbocycles. The van der Waals surface area contributed by atoms with Crippen LogP contribution < -0.4 is 10.1 Å². The first-order chi connectivity index (χ1) is 12.9. The van der Waals surface area contributed by atoms with Gasteiger partial charge in [-0.05, 0) is 75.4 Å². The van der Waals surface area contributed by atoms with E-state index in [1.165, 1.54) is 6.07 Å². The van der Waals surface area contributed by atoms with Crippen molar-refractivity contribution in [2.24, 2.45) is 0 Å². The molecule has 27 heavy (non-hydrogen) atoms. The Morgan fingerprint density at radius 2 is 1.96 bits per heavy atom. The number of pyridine rings is 1. The zero-order valence-electron chi connectivity index (χ0n) is 15.4. The SMILES string of the molecule is Cc1ccc(O[C@H]2CC[C@@]3(CC2)C(=O)Nc2ccc(C(=O)O)cc23)c(C)n1. The molecule has 6 heteroatoms. The molecule has 2 N–H and O–H groups in total. The van der Waals surface area contributed by atoms with Crippen LogP contribution >= 0.6 is 0 Å². The van der Waals surface area contributed by atoms with Gasteiger partial charge < -0.3 is 15.2 Å². The number of hydrogen-bond acceptors (Lipinski definition) is 4. The molecule has 2 aromatic rings. The van der Waals surface area contributed by atoms with Crippen LogP contribution in [0.3, 0.4) is 0 Å². The smallest absolute Gasteiger partial charge is 0.335 e. The number of benzene rings is 1. The summed E-state index contributed by atoms with van der Waals surface area (Å²) < 4.78 is 6.14. The highest BCUT2D eigenvalue weighted by Crippen LogP contribution is 2.48. The number of carbonyl (C=O) groups excluding carboxylic acids is 1. The number of amides is 1. The molecule has 6 nitrogen and oxygen atoms in total.